The summed E-state index contributed by atoms with van der Waals surface area (Å²) in [7, 11) is 4.09. The van der Waals surface area contributed by atoms with Gasteiger partial charge in [0.1, 0.15) is 23.8 Å². The molecule has 2 fully saturated rings. The minimum atomic E-state index is 0.586. The van der Waals surface area contributed by atoms with Crippen molar-refractivity contribution in [3.8, 4) is 0 Å². The number of rotatable bonds is 6. The lowest BCUT2D eigenvalue weighted by molar-refractivity contribution is 0.195. The number of hydrogen-bond donors (Lipinski definition) is 0. The Hall–Kier alpha value is -2.15. The number of likely N-dealkylation sites (tertiary alicyclic amines) is 1. The van der Waals surface area contributed by atoms with Crippen LogP contribution < -0.4 is 9.80 Å². The average Bonchev–Trinajstić information content (AvgIpc) is 3.50. The number of aromatic nitrogens is 4. The van der Waals surface area contributed by atoms with Crippen molar-refractivity contribution in [1.82, 2.24) is 24.4 Å². The zero-order valence-electron chi connectivity index (χ0n) is 17.8. The maximum atomic E-state index is 4.67. The van der Waals surface area contributed by atoms with Crippen LogP contribution >= 0.6 is 0 Å². The average molecular weight is 396 g/mol. The fourth-order valence-corrected chi connectivity index (χ4v) is 4.94. The zero-order chi connectivity index (χ0) is 19.8. The van der Waals surface area contributed by atoms with E-state index in [-0.39, 0.29) is 0 Å². The minimum absolute atomic E-state index is 0.586. The number of fused-ring (bicyclic) bond motifs is 1. The van der Waals surface area contributed by atoms with Crippen molar-refractivity contribution in [2.24, 2.45) is 0 Å². The number of nitrogens with zero attached hydrogens (tertiary/aromatic N) is 7. The van der Waals surface area contributed by atoms with Crippen molar-refractivity contribution in [2.75, 3.05) is 37.0 Å². The summed E-state index contributed by atoms with van der Waals surface area (Å²) in [5, 5.41) is 0. The highest BCUT2D eigenvalue weighted by Crippen LogP contribution is 2.36. The van der Waals surface area contributed by atoms with Crippen LogP contribution in [0.1, 0.15) is 50.0 Å². The van der Waals surface area contributed by atoms with E-state index in [1.807, 2.05) is 14.1 Å². The summed E-state index contributed by atoms with van der Waals surface area (Å²) in [6.45, 7) is 4.50. The Bertz CT molecular complexity index is 833. The summed E-state index contributed by atoms with van der Waals surface area (Å²) >= 11 is 0. The van der Waals surface area contributed by atoms with E-state index in [0.29, 0.717) is 12.1 Å². The Kier molecular flexibility index (Phi) is 5.16. The summed E-state index contributed by atoms with van der Waals surface area (Å²) in [6.07, 6.45) is 12.6. The van der Waals surface area contributed by atoms with E-state index in [2.05, 4.69) is 46.5 Å². The van der Waals surface area contributed by atoms with Gasteiger partial charge in [-0.15, -0.1) is 0 Å². The minimum Gasteiger partial charge on any atom is -0.363 e. The summed E-state index contributed by atoms with van der Waals surface area (Å²) < 4.78 is 2.47. The van der Waals surface area contributed by atoms with E-state index in [4.69, 9.17) is 0 Å². The molecular formula is C22H33N7. The molecule has 2 aliphatic heterocycles. The van der Waals surface area contributed by atoms with Gasteiger partial charge in [-0.1, -0.05) is 0 Å². The van der Waals surface area contributed by atoms with E-state index < -0.39 is 0 Å². The number of hydrogen-bond acceptors (Lipinski definition) is 6. The fourth-order valence-electron chi connectivity index (χ4n) is 4.94. The Morgan fingerprint density at radius 2 is 1.69 bits per heavy atom. The highest BCUT2D eigenvalue weighted by Gasteiger charge is 2.36. The molecule has 0 bridgehead atoms. The normalized spacial score (nSPS) is 20.5. The van der Waals surface area contributed by atoms with Crippen LogP contribution in [-0.2, 0) is 19.5 Å². The molecule has 1 saturated carbocycles. The predicted octanol–water partition coefficient (Wildman–Crippen LogP) is 2.71. The van der Waals surface area contributed by atoms with Gasteiger partial charge in [0, 0.05) is 71.0 Å². The van der Waals surface area contributed by atoms with Crippen molar-refractivity contribution in [2.45, 2.75) is 70.1 Å². The van der Waals surface area contributed by atoms with Crippen molar-refractivity contribution in [1.29, 1.82) is 0 Å². The van der Waals surface area contributed by atoms with Crippen LogP contribution in [0.3, 0.4) is 0 Å². The molecule has 2 aromatic rings. The van der Waals surface area contributed by atoms with E-state index in [9.17, 15) is 0 Å². The van der Waals surface area contributed by atoms with Gasteiger partial charge in [0.2, 0.25) is 0 Å². The fraction of sp³-hybridized carbons (Fsp3) is 0.682. The van der Waals surface area contributed by atoms with Gasteiger partial charge in [-0.05, 0) is 38.5 Å². The van der Waals surface area contributed by atoms with Gasteiger partial charge in [0.25, 0.3) is 0 Å². The van der Waals surface area contributed by atoms with Crippen molar-refractivity contribution in [3.05, 3.63) is 30.1 Å². The standard InChI is InChI=1S/C22H33N7/c1-26(2)21-13-22(25-16-24-21)29(17-6-7-17)18-8-11-27(12-9-18)15-19-14-23-20-5-3-4-10-28(19)20/h13-14,16-18H,3-12,15H2,1-2H3. The molecule has 0 atom stereocenters. The highest BCUT2D eigenvalue weighted by atomic mass is 15.3. The Balaban J connectivity index is 1.24. The van der Waals surface area contributed by atoms with E-state index in [1.54, 1.807) is 6.33 Å². The molecule has 0 unspecified atom stereocenters. The smallest absolute Gasteiger partial charge is 0.134 e. The second kappa shape index (κ2) is 7.94. The van der Waals surface area contributed by atoms with Gasteiger partial charge in [-0.25, -0.2) is 15.0 Å². The zero-order valence-corrected chi connectivity index (χ0v) is 17.8. The third-order valence-corrected chi connectivity index (χ3v) is 6.69. The summed E-state index contributed by atoms with van der Waals surface area (Å²) in [4.78, 5) is 21.0. The van der Waals surface area contributed by atoms with Crippen molar-refractivity contribution >= 4 is 11.6 Å². The molecule has 0 spiro atoms. The third-order valence-electron chi connectivity index (χ3n) is 6.69. The molecule has 29 heavy (non-hydrogen) atoms. The van der Waals surface area contributed by atoms with E-state index >= 15 is 0 Å². The van der Waals surface area contributed by atoms with Gasteiger partial charge in [-0.2, -0.15) is 0 Å². The lowest BCUT2D eigenvalue weighted by Gasteiger charge is -2.39. The SMILES string of the molecule is CN(C)c1cc(N(C2CC2)C2CCN(Cc3cnc4n3CCCC4)CC2)ncn1. The maximum Gasteiger partial charge on any atom is 0.134 e. The van der Waals surface area contributed by atoms with Crippen LogP contribution in [0.15, 0.2) is 18.6 Å². The molecule has 0 N–H and O–H groups in total. The van der Waals surface area contributed by atoms with E-state index in [0.717, 1.165) is 44.2 Å². The molecule has 2 aromatic heterocycles. The Morgan fingerprint density at radius 3 is 2.45 bits per heavy atom. The van der Waals surface area contributed by atoms with Crippen molar-refractivity contribution in [3.63, 3.8) is 0 Å². The first-order chi connectivity index (χ1) is 14.2. The number of imidazole rings is 1. The van der Waals surface area contributed by atoms with Gasteiger partial charge in [0.15, 0.2) is 0 Å². The quantitative estimate of drug-likeness (QED) is 0.750. The van der Waals surface area contributed by atoms with Gasteiger partial charge in [-0.3, -0.25) is 4.90 Å². The van der Waals surface area contributed by atoms with Gasteiger partial charge in [0.05, 0.1) is 5.69 Å². The first kappa shape index (κ1) is 18.9. The van der Waals surface area contributed by atoms with Crippen LogP contribution in [0.5, 0.6) is 0 Å². The molecular weight excluding hydrogens is 362 g/mol. The Morgan fingerprint density at radius 1 is 0.931 bits per heavy atom. The molecule has 1 saturated heterocycles. The molecule has 0 radical (unpaired) electrons. The largest absolute Gasteiger partial charge is 0.363 e. The highest BCUT2D eigenvalue weighted by molar-refractivity contribution is 5.51. The summed E-state index contributed by atoms with van der Waals surface area (Å²) in [5.41, 5.74) is 1.41. The second-order valence-electron chi connectivity index (χ2n) is 9.05. The maximum absolute atomic E-state index is 4.67. The molecule has 0 aromatic carbocycles. The molecule has 3 aliphatic rings. The molecule has 156 valence electrons. The third kappa shape index (κ3) is 3.97. The predicted molar refractivity (Wildman–Crippen MR) is 115 cm³/mol. The molecule has 5 rings (SSSR count). The number of aryl methyl sites for hydroxylation is 1. The lowest BCUT2D eigenvalue weighted by Crippen LogP contribution is -2.46. The van der Waals surface area contributed by atoms with Crippen LogP contribution in [0, 0.1) is 0 Å². The summed E-state index contributed by atoms with van der Waals surface area (Å²) in [6, 6.07) is 3.41. The first-order valence-corrected chi connectivity index (χ1v) is 11.2. The summed E-state index contributed by atoms with van der Waals surface area (Å²) in [5.74, 6) is 3.39. The molecule has 7 heteroatoms. The van der Waals surface area contributed by atoms with Gasteiger partial charge >= 0.3 is 0 Å². The number of piperidine rings is 1. The van der Waals surface area contributed by atoms with Crippen molar-refractivity contribution < 1.29 is 0 Å². The topological polar surface area (TPSA) is 53.3 Å². The van der Waals surface area contributed by atoms with Crippen LogP contribution in [-0.4, -0.2) is 63.7 Å². The molecule has 4 heterocycles. The second-order valence-corrected chi connectivity index (χ2v) is 9.05. The van der Waals surface area contributed by atoms with Gasteiger partial charge < -0.3 is 14.4 Å². The molecule has 0 amide bonds. The monoisotopic (exact) mass is 395 g/mol. The first-order valence-electron chi connectivity index (χ1n) is 11.2. The molecule has 1 aliphatic carbocycles. The number of anilines is 2. The Labute approximate surface area is 173 Å². The van der Waals surface area contributed by atoms with Crippen LogP contribution in [0.2, 0.25) is 0 Å². The van der Waals surface area contributed by atoms with Crippen LogP contribution in [0.25, 0.3) is 0 Å². The molecule has 7 nitrogen and oxygen atoms in total. The van der Waals surface area contributed by atoms with E-state index in [1.165, 1.54) is 50.0 Å². The van der Waals surface area contributed by atoms with Crippen LogP contribution in [0.4, 0.5) is 11.6 Å². The lowest BCUT2D eigenvalue weighted by atomic mass is 10.0.